The molecule has 0 radical (unpaired) electrons. The maximum atomic E-state index is 11.8. The lowest BCUT2D eigenvalue weighted by molar-refractivity contribution is 0.00213. The molecule has 232 valence electrons. The molecular formula is C31H37BrN8O3S. The third-order valence-electron chi connectivity index (χ3n) is 8.48. The van der Waals surface area contributed by atoms with Crippen LogP contribution >= 0.6 is 15.9 Å². The van der Waals surface area contributed by atoms with Crippen LogP contribution in [0.2, 0.25) is 0 Å². The highest BCUT2D eigenvalue weighted by Gasteiger charge is 2.36. The number of nitrogens with zero attached hydrogens (tertiary/aromatic N) is 5. The number of anilines is 6. The topological polar surface area (TPSA) is 118 Å². The lowest BCUT2D eigenvalue weighted by Gasteiger charge is -2.45. The molecule has 2 fully saturated rings. The van der Waals surface area contributed by atoms with Crippen molar-refractivity contribution in [3.63, 3.8) is 0 Å². The first kappa shape index (κ1) is 30.4. The Morgan fingerprint density at radius 3 is 2.45 bits per heavy atom. The standard InChI is InChI=1S/C31H37BrN8O3S/c1-39-20-21(18-34-39)22-16-26(28(42-2)17-27(22)40-12-8-31(9-13-40)10-14-43-15-11-31)36-30-33-19-23(32)29(37-30)35-24-6-4-5-7-25(24)38-44(3)41/h4-7,16-20,38H,8-15H2,1-3H3,(H2,33,35,36,37). The normalized spacial score (nSPS) is 16.9. The lowest BCUT2D eigenvalue weighted by atomic mass is 9.72. The molecule has 0 aliphatic carbocycles. The molecule has 1 atom stereocenters. The SMILES string of the molecule is COc1cc(N2CCC3(CCOCC3)CC2)c(-c2cnn(C)c2)cc1Nc1ncc(Br)c(Nc2ccccc2NS(C)=O)n1. The summed E-state index contributed by atoms with van der Waals surface area (Å²) in [5.74, 6) is 1.64. The third kappa shape index (κ3) is 6.69. The number of ether oxygens (including phenoxy) is 2. The molecule has 0 saturated carbocycles. The van der Waals surface area contributed by atoms with Gasteiger partial charge in [0.05, 0.1) is 34.8 Å². The van der Waals surface area contributed by atoms with Crippen LogP contribution in [-0.4, -0.2) is 63.6 Å². The van der Waals surface area contributed by atoms with Gasteiger partial charge in [-0.05, 0) is 65.2 Å². The van der Waals surface area contributed by atoms with E-state index in [4.69, 9.17) is 14.5 Å². The summed E-state index contributed by atoms with van der Waals surface area (Å²) in [4.78, 5) is 11.7. The zero-order valence-corrected chi connectivity index (χ0v) is 27.5. The first-order chi connectivity index (χ1) is 21.3. The van der Waals surface area contributed by atoms with Crippen LogP contribution in [0.15, 0.2) is 59.5 Å². The molecular weight excluding hydrogens is 644 g/mol. The van der Waals surface area contributed by atoms with Crippen molar-refractivity contribution in [3.8, 4) is 16.9 Å². The van der Waals surface area contributed by atoms with Crippen molar-refractivity contribution in [2.24, 2.45) is 12.5 Å². The Bertz CT molecular complexity index is 1650. The number of aromatic nitrogens is 4. The molecule has 11 nitrogen and oxygen atoms in total. The molecule has 2 aromatic heterocycles. The highest BCUT2D eigenvalue weighted by atomic mass is 79.9. The third-order valence-corrected chi connectivity index (χ3v) is 9.56. The number of hydrogen-bond donors (Lipinski definition) is 3. The van der Waals surface area contributed by atoms with Gasteiger partial charge in [0, 0.05) is 74.9 Å². The summed E-state index contributed by atoms with van der Waals surface area (Å²) in [7, 11) is 2.38. The number of benzene rings is 2. The first-order valence-corrected chi connectivity index (χ1v) is 17.0. The second-order valence-corrected chi connectivity index (χ2v) is 13.3. The quantitative estimate of drug-likeness (QED) is 0.189. The molecule has 2 saturated heterocycles. The number of methoxy groups -OCH3 is 1. The van der Waals surface area contributed by atoms with E-state index in [1.165, 1.54) is 0 Å². The zero-order chi connectivity index (χ0) is 30.7. The van der Waals surface area contributed by atoms with Gasteiger partial charge in [-0.2, -0.15) is 10.1 Å². The Morgan fingerprint density at radius 1 is 1.02 bits per heavy atom. The minimum Gasteiger partial charge on any atom is -0.494 e. The van der Waals surface area contributed by atoms with Crippen LogP contribution in [0.1, 0.15) is 25.7 Å². The molecule has 1 spiro atoms. The highest BCUT2D eigenvalue weighted by Crippen LogP contribution is 2.45. The number of rotatable bonds is 9. The molecule has 44 heavy (non-hydrogen) atoms. The molecule has 0 bridgehead atoms. The van der Waals surface area contributed by atoms with Crippen LogP contribution in [0.4, 0.5) is 34.5 Å². The van der Waals surface area contributed by atoms with E-state index >= 15 is 0 Å². The van der Waals surface area contributed by atoms with Gasteiger partial charge in [0.15, 0.2) is 0 Å². The summed E-state index contributed by atoms with van der Waals surface area (Å²) in [6.07, 6.45) is 11.8. The van der Waals surface area contributed by atoms with Crippen molar-refractivity contribution in [1.29, 1.82) is 0 Å². The highest BCUT2D eigenvalue weighted by molar-refractivity contribution is 9.10. The van der Waals surface area contributed by atoms with E-state index in [0.29, 0.717) is 33.1 Å². The molecule has 0 amide bonds. The van der Waals surface area contributed by atoms with E-state index in [1.54, 1.807) is 19.6 Å². The summed E-state index contributed by atoms with van der Waals surface area (Å²) < 4.78 is 28.9. The van der Waals surface area contributed by atoms with E-state index in [-0.39, 0.29) is 0 Å². The summed E-state index contributed by atoms with van der Waals surface area (Å²) >= 11 is 3.56. The summed E-state index contributed by atoms with van der Waals surface area (Å²) in [5, 5.41) is 11.2. The fourth-order valence-corrected chi connectivity index (χ4v) is 6.79. The number of piperidine rings is 1. The van der Waals surface area contributed by atoms with Crippen LogP contribution < -0.4 is 25.0 Å². The monoisotopic (exact) mass is 680 g/mol. The van der Waals surface area contributed by atoms with Gasteiger partial charge in [-0.1, -0.05) is 12.1 Å². The van der Waals surface area contributed by atoms with Crippen molar-refractivity contribution < 1.29 is 13.7 Å². The van der Waals surface area contributed by atoms with Gasteiger partial charge in [0.2, 0.25) is 5.95 Å². The first-order valence-electron chi connectivity index (χ1n) is 14.6. The van der Waals surface area contributed by atoms with Crippen LogP contribution in [0.25, 0.3) is 11.1 Å². The van der Waals surface area contributed by atoms with Crippen LogP contribution in [-0.2, 0) is 22.8 Å². The van der Waals surface area contributed by atoms with Gasteiger partial charge in [-0.25, -0.2) is 9.19 Å². The van der Waals surface area contributed by atoms with E-state index in [9.17, 15) is 4.21 Å². The molecule has 2 aromatic carbocycles. The molecule has 6 rings (SSSR count). The Hall–Kier alpha value is -3.68. The molecule has 4 heterocycles. The van der Waals surface area contributed by atoms with Crippen LogP contribution in [0, 0.1) is 5.41 Å². The van der Waals surface area contributed by atoms with Crippen molar-refractivity contribution in [3.05, 3.63) is 59.5 Å². The van der Waals surface area contributed by atoms with Crippen molar-refractivity contribution in [1.82, 2.24) is 19.7 Å². The van der Waals surface area contributed by atoms with E-state index in [0.717, 1.165) is 80.2 Å². The summed E-state index contributed by atoms with van der Waals surface area (Å²) in [6.45, 7) is 3.70. The fourth-order valence-electron chi connectivity index (χ4n) is 6.01. The molecule has 13 heteroatoms. The smallest absolute Gasteiger partial charge is 0.229 e. The van der Waals surface area contributed by atoms with Gasteiger partial charge in [0.1, 0.15) is 22.6 Å². The van der Waals surface area contributed by atoms with E-state index in [1.807, 2.05) is 48.4 Å². The average Bonchev–Trinajstić information content (AvgIpc) is 3.46. The number of para-hydroxylation sites is 2. The van der Waals surface area contributed by atoms with Gasteiger partial charge in [-0.3, -0.25) is 4.68 Å². The summed E-state index contributed by atoms with van der Waals surface area (Å²) in [6, 6.07) is 11.7. The number of hydrogen-bond acceptors (Lipinski definition) is 9. The number of nitrogens with one attached hydrogen (secondary N) is 3. The van der Waals surface area contributed by atoms with E-state index < -0.39 is 11.0 Å². The second kappa shape index (κ2) is 13.1. The minimum absolute atomic E-state index is 0.392. The average molecular weight is 682 g/mol. The zero-order valence-electron chi connectivity index (χ0n) is 25.1. The van der Waals surface area contributed by atoms with Crippen molar-refractivity contribution in [2.75, 3.05) is 59.9 Å². The van der Waals surface area contributed by atoms with Crippen molar-refractivity contribution >= 4 is 61.4 Å². The largest absolute Gasteiger partial charge is 0.494 e. The molecule has 2 aliphatic heterocycles. The van der Waals surface area contributed by atoms with Gasteiger partial charge >= 0.3 is 0 Å². The predicted octanol–water partition coefficient (Wildman–Crippen LogP) is 6.24. The van der Waals surface area contributed by atoms with Crippen LogP contribution in [0.5, 0.6) is 5.75 Å². The molecule has 1 unspecified atom stereocenters. The Labute approximate surface area is 268 Å². The van der Waals surface area contributed by atoms with E-state index in [2.05, 4.69) is 58.4 Å². The van der Waals surface area contributed by atoms with Gasteiger partial charge in [0.25, 0.3) is 0 Å². The molecule has 4 aromatic rings. The Kier molecular flexibility index (Phi) is 9.06. The maximum absolute atomic E-state index is 11.8. The Morgan fingerprint density at radius 2 is 1.77 bits per heavy atom. The second-order valence-electron chi connectivity index (χ2n) is 11.3. The summed E-state index contributed by atoms with van der Waals surface area (Å²) in [5.41, 5.74) is 5.78. The van der Waals surface area contributed by atoms with Gasteiger partial charge < -0.3 is 29.7 Å². The van der Waals surface area contributed by atoms with Crippen LogP contribution in [0.3, 0.4) is 0 Å². The van der Waals surface area contributed by atoms with Gasteiger partial charge in [-0.15, -0.1) is 0 Å². The number of halogens is 1. The predicted molar refractivity (Wildman–Crippen MR) is 180 cm³/mol. The molecule has 2 aliphatic rings. The maximum Gasteiger partial charge on any atom is 0.229 e. The minimum atomic E-state index is -1.22. The molecule has 3 N–H and O–H groups in total. The fraction of sp³-hybridized carbons (Fsp3) is 0.387. The lowest BCUT2D eigenvalue weighted by Crippen LogP contribution is -2.43. The Balaban J connectivity index is 1.31. The number of aryl methyl sites for hydroxylation is 1. The van der Waals surface area contributed by atoms with Crippen molar-refractivity contribution in [2.45, 2.75) is 25.7 Å².